The average Bonchev–Trinajstić information content (AvgIpc) is 3.60. The lowest BCUT2D eigenvalue weighted by Crippen LogP contribution is -2.23. The van der Waals surface area contributed by atoms with Gasteiger partial charge in [0.05, 0.1) is 29.0 Å². The number of pyridine rings is 1. The minimum absolute atomic E-state index is 0.0233. The van der Waals surface area contributed by atoms with Crippen LogP contribution in [-0.4, -0.2) is 31.1 Å². The van der Waals surface area contributed by atoms with Crippen LogP contribution in [0.25, 0.3) is 0 Å². The van der Waals surface area contributed by atoms with Crippen LogP contribution in [0, 0.1) is 28.6 Å². The van der Waals surface area contributed by atoms with Gasteiger partial charge in [0, 0.05) is 17.4 Å². The first-order valence-electron chi connectivity index (χ1n) is 14.2. The molecule has 48 heavy (non-hydrogen) atoms. The van der Waals surface area contributed by atoms with Crippen molar-refractivity contribution in [3.05, 3.63) is 81.4 Å². The maximum atomic E-state index is 12.9. The molecule has 260 valence electrons. The molecule has 1 saturated carbocycles. The van der Waals surface area contributed by atoms with Crippen LogP contribution >= 0.6 is 105 Å². The lowest BCUT2D eigenvalue weighted by molar-refractivity contribution is -0.149. The fraction of sp³-hybridized carbons (Fsp3) is 0.387. The maximum Gasteiger partial charge on any atom is 0.381 e. The average molecular weight is 1020 g/mol. The second-order valence-electron chi connectivity index (χ2n) is 10.6. The summed E-state index contributed by atoms with van der Waals surface area (Å²) in [5.41, 5.74) is 0.310. The molecule has 4 atom stereocenters. The van der Waals surface area contributed by atoms with E-state index in [1.54, 1.807) is 38.1 Å². The summed E-state index contributed by atoms with van der Waals surface area (Å²) in [5, 5.41) is 10.1. The first-order valence-corrected chi connectivity index (χ1v) is 21.2. The molecule has 1 aliphatic carbocycles. The highest BCUT2D eigenvalue weighted by atomic mass is 80.0. The number of para-hydroxylation sites is 1. The van der Waals surface area contributed by atoms with Crippen molar-refractivity contribution in [1.29, 1.82) is 5.26 Å². The molecule has 0 N–H and O–H groups in total. The molecule has 1 fully saturated rings. The Kier molecular flexibility index (Phi) is 16.0. The van der Waals surface area contributed by atoms with Crippen LogP contribution in [0.15, 0.2) is 60.7 Å². The minimum atomic E-state index is -2.92. The number of hydrogen-bond acceptors (Lipinski definition) is 9. The standard InChI is InChI=1S/C22H19Br4NO3.C9H11Cl3NO3PS/c1-21(2)17(19(23)22(24,25)26)18(21)20(28)30-16(12-27)13-7-6-10-15(11-13)29-14-8-4-3-5-9-14;1-3-14-17(18,15-4-2)16-9-7(11)5-6(10)8(12)13-9/h3-11,16-19H,1-2H3;5H,3-4H2,1-2H3/t16-,17-,18+,19?;/m1./s1. The van der Waals surface area contributed by atoms with Crippen molar-refractivity contribution < 1.29 is 27.8 Å². The second kappa shape index (κ2) is 18.3. The van der Waals surface area contributed by atoms with Gasteiger partial charge in [0.25, 0.3) is 0 Å². The molecule has 1 heterocycles. The van der Waals surface area contributed by atoms with Gasteiger partial charge in [-0.25, -0.2) is 0 Å². The van der Waals surface area contributed by atoms with Crippen molar-refractivity contribution in [2.75, 3.05) is 13.2 Å². The third-order valence-corrected chi connectivity index (χ3v) is 14.8. The van der Waals surface area contributed by atoms with Crippen LogP contribution in [0.4, 0.5) is 0 Å². The van der Waals surface area contributed by atoms with Crippen LogP contribution in [0.5, 0.6) is 17.4 Å². The molecule has 0 radical (unpaired) electrons. The molecule has 17 heteroatoms. The summed E-state index contributed by atoms with van der Waals surface area (Å²) >= 11 is 36.9. The summed E-state index contributed by atoms with van der Waals surface area (Å²) in [4.78, 5) is 16.7. The van der Waals surface area contributed by atoms with Gasteiger partial charge in [-0.05, 0) is 55.5 Å². The predicted molar refractivity (Wildman–Crippen MR) is 208 cm³/mol. The van der Waals surface area contributed by atoms with E-state index in [4.69, 9.17) is 69.7 Å². The van der Waals surface area contributed by atoms with E-state index in [1.165, 1.54) is 6.07 Å². The number of carbonyl (C=O) groups is 1. The molecule has 2 aromatic carbocycles. The Bertz CT molecular complexity index is 1660. The molecular weight excluding hydrogens is 985 g/mol. The minimum Gasteiger partial charge on any atom is -0.457 e. The molecule has 4 rings (SSSR count). The highest BCUT2D eigenvalue weighted by Gasteiger charge is 2.67. The smallest absolute Gasteiger partial charge is 0.381 e. The van der Waals surface area contributed by atoms with Gasteiger partial charge < -0.3 is 14.0 Å². The lowest BCUT2D eigenvalue weighted by atomic mass is 10.1. The van der Waals surface area contributed by atoms with Crippen LogP contribution in [-0.2, 0) is 30.4 Å². The van der Waals surface area contributed by atoms with Crippen LogP contribution in [0.3, 0.4) is 0 Å². The number of nitriles is 1. The summed E-state index contributed by atoms with van der Waals surface area (Å²) in [6.45, 7) is 5.41. The Morgan fingerprint density at radius 1 is 1.02 bits per heavy atom. The number of esters is 1. The van der Waals surface area contributed by atoms with Crippen LogP contribution < -0.4 is 9.26 Å². The molecule has 0 saturated heterocycles. The number of nitrogens with zero attached hydrogens (tertiary/aromatic N) is 2. The van der Waals surface area contributed by atoms with E-state index >= 15 is 0 Å². The number of halogens is 7. The van der Waals surface area contributed by atoms with Crippen LogP contribution in [0.1, 0.15) is 39.4 Å². The number of hydrogen-bond donors (Lipinski definition) is 0. The molecule has 0 bridgehead atoms. The van der Waals surface area contributed by atoms with Crippen molar-refractivity contribution in [2.45, 2.75) is 40.8 Å². The van der Waals surface area contributed by atoms with Gasteiger partial charge in [-0.15, -0.1) is 0 Å². The first-order chi connectivity index (χ1) is 22.5. The number of carbonyl (C=O) groups excluding carboxylic acids is 1. The number of ether oxygens (including phenoxy) is 2. The predicted octanol–water partition coefficient (Wildman–Crippen LogP) is 12.2. The first kappa shape index (κ1) is 41.9. The van der Waals surface area contributed by atoms with Crippen molar-refractivity contribution in [2.24, 2.45) is 17.3 Å². The van der Waals surface area contributed by atoms with Crippen molar-refractivity contribution in [3.63, 3.8) is 0 Å². The van der Waals surface area contributed by atoms with Gasteiger partial charge >= 0.3 is 12.7 Å². The number of alkyl halides is 4. The zero-order chi connectivity index (χ0) is 35.9. The Hall–Kier alpha value is -0.490. The Labute approximate surface area is 334 Å². The van der Waals surface area contributed by atoms with E-state index < -0.39 is 15.0 Å². The third kappa shape index (κ3) is 11.5. The summed E-state index contributed by atoms with van der Waals surface area (Å²) in [6.07, 6.45) is -1.01. The molecule has 0 amide bonds. The molecule has 0 aliphatic heterocycles. The van der Waals surface area contributed by atoms with Crippen molar-refractivity contribution in [3.8, 4) is 23.4 Å². The Morgan fingerprint density at radius 2 is 1.62 bits per heavy atom. The van der Waals surface area contributed by atoms with E-state index in [-0.39, 0.29) is 49.1 Å². The molecule has 1 aliphatic rings. The Morgan fingerprint density at radius 3 is 2.19 bits per heavy atom. The SMILES string of the molecule is CC1(C)[C@H](C(=O)O[C@H](C#N)c2cccc(Oc3ccccc3)c2)[C@@H]1C(Br)C(Br)(Br)Br.CCOP(=S)(OCC)Oc1nc(Cl)c(Cl)cc1Cl. The molecule has 0 spiro atoms. The normalized spacial score (nSPS) is 18.0. The molecular formula is C31H30Br4Cl3N2O6PS. The van der Waals surface area contributed by atoms with E-state index in [9.17, 15) is 10.1 Å². The zero-order valence-corrected chi connectivity index (χ0v) is 36.2. The molecule has 3 aromatic rings. The number of aromatic nitrogens is 1. The maximum absolute atomic E-state index is 12.9. The van der Waals surface area contributed by atoms with Gasteiger partial charge in [-0.3, -0.25) is 13.8 Å². The highest BCUT2D eigenvalue weighted by molar-refractivity contribution is 9.40. The number of benzene rings is 2. The Balaban J connectivity index is 0.000000297. The molecule has 1 aromatic heterocycles. The van der Waals surface area contributed by atoms with Gasteiger partial charge in [-0.2, -0.15) is 10.2 Å². The van der Waals surface area contributed by atoms with Gasteiger partial charge in [0.2, 0.25) is 12.0 Å². The van der Waals surface area contributed by atoms with Crippen molar-refractivity contribution in [1.82, 2.24) is 4.98 Å². The van der Waals surface area contributed by atoms with E-state index in [1.807, 2.05) is 44.2 Å². The summed E-state index contributed by atoms with van der Waals surface area (Å²) in [5.74, 6) is 0.629. The van der Waals surface area contributed by atoms with E-state index in [0.717, 1.165) is 0 Å². The van der Waals surface area contributed by atoms with Crippen LogP contribution in [0.2, 0.25) is 15.2 Å². The topological polar surface area (TPSA) is 99.9 Å². The van der Waals surface area contributed by atoms with E-state index in [2.05, 4.69) is 74.8 Å². The van der Waals surface area contributed by atoms with E-state index in [0.29, 0.717) is 30.3 Å². The summed E-state index contributed by atoms with van der Waals surface area (Å²) in [6, 6.07) is 19.9. The largest absolute Gasteiger partial charge is 0.457 e. The fourth-order valence-electron chi connectivity index (χ4n) is 4.61. The van der Waals surface area contributed by atoms with Crippen molar-refractivity contribution >= 4 is 123 Å². The highest BCUT2D eigenvalue weighted by Crippen LogP contribution is 2.66. The van der Waals surface area contributed by atoms with Gasteiger partial charge in [0.15, 0.2) is 5.15 Å². The van der Waals surface area contributed by atoms with Gasteiger partial charge in [-0.1, -0.05) is 143 Å². The fourth-order valence-corrected chi connectivity index (χ4v) is 9.04. The van der Waals surface area contributed by atoms with Gasteiger partial charge in [0.1, 0.15) is 24.7 Å². The molecule has 8 nitrogen and oxygen atoms in total. The zero-order valence-electron chi connectivity index (χ0n) is 25.8. The quantitative estimate of drug-likeness (QED) is 0.0760. The number of rotatable bonds is 12. The molecule has 1 unspecified atom stereocenters. The summed E-state index contributed by atoms with van der Waals surface area (Å²) < 4.78 is 27.0. The lowest BCUT2D eigenvalue weighted by Gasteiger charge is -2.21. The monoisotopic (exact) mass is 1010 g/mol. The second-order valence-corrected chi connectivity index (χ2v) is 22.7. The third-order valence-electron chi connectivity index (χ3n) is 6.91. The summed E-state index contributed by atoms with van der Waals surface area (Å²) in [7, 11) is 0.